The van der Waals surface area contributed by atoms with Crippen LogP contribution in [0.5, 0.6) is 11.5 Å². The van der Waals surface area contributed by atoms with Crippen molar-refractivity contribution in [2.24, 2.45) is 0 Å². The molecule has 0 spiro atoms. The van der Waals surface area contributed by atoms with Gasteiger partial charge in [-0.3, -0.25) is 4.79 Å². The molecule has 4 atom stereocenters. The average Bonchev–Trinajstić information content (AvgIpc) is 3.22. The Morgan fingerprint density at radius 1 is 1.11 bits per heavy atom. The van der Waals surface area contributed by atoms with Gasteiger partial charge < -0.3 is 18.9 Å². The fourth-order valence-electron chi connectivity index (χ4n) is 1.63. The zero-order valence-corrected chi connectivity index (χ0v) is 10.2. The molecule has 96 valence electrons. The average molecular weight is 250 g/mol. The highest BCUT2D eigenvalue weighted by Gasteiger charge is 2.38. The van der Waals surface area contributed by atoms with Crippen LogP contribution in [0.2, 0.25) is 0 Å². The Labute approximate surface area is 105 Å². The molecule has 1 aromatic carbocycles. The molecule has 0 radical (unpaired) electrons. The molecule has 0 aliphatic carbocycles. The lowest BCUT2D eigenvalue weighted by Gasteiger charge is -2.08. The van der Waals surface area contributed by atoms with Gasteiger partial charge in [-0.1, -0.05) is 0 Å². The molecule has 0 amide bonds. The van der Waals surface area contributed by atoms with E-state index >= 15 is 0 Å². The van der Waals surface area contributed by atoms with E-state index in [9.17, 15) is 4.79 Å². The standard InChI is InChI=1S/C13H14O5/c1-7-12(15-7)17-10-4-3-9(6-14)11(5-10)18-13-8(2)16-13/h3-8,12-13H,1-2H3. The maximum absolute atomic E-state index is 10.9. The zero-order valence-electron chi connectivity index (χ0n) is 10.2. The molecule has 18 heavy (non-hydrogen) atoms. The van der Waals surface area contributed by atoms with Gasteiger partial charge in [-0.2, -0.15) is 0 Å². The van der Waals surface area contributed by atoms with Gasteiger partial charge in [0.1, 0.15) is 23.7 Å². The van der Waals surface area contributed by atoms with Crippen molar-refractivity contribution in [3.8, 4) is 11.5 Å². The number of aldehydes is 1. The van der Waals surface area contributed by atoms with E-state index in [4.69, 9.17) is 18.9 Å². The van der Waals surface area contributed by atoms with Gasteiger partial charge in [-0.25, -0.2) is 0 Å². The van der Waals surface area contributed by atoms with Crippen molar-refractivity contribution < 1.29 is 23.7 Å². The summed E-state index contributed by atoms with van der Waals surface area (Å²) < 4.78 is 21.4. The third-order valence-corrected chi connectivity index (χ3v) is 2.92. The van der Waals surface area contributed by atoms with Gasteiger partial charge in [-0.15, -0.1) is 0 Å². The molecular weight excluding hydrogens is 236 g/mol. The summed E-state index contributed by atoms with van der Waals surface area (Å²) >= 11 is 0. The van der Waals surface area contributed by atoms with Crippen LogP contribution < -0.4 is 9.47 Å². The SMILES string of the molecule is CC1OC1Oc1ccc(C=O)c(OC2OC2C)c1. The summed E-state index contributed by atoms with van der Waals surface area (Å²) in [4.78, 5) is 10.9. The number of epoxide rings is 2. The Hall–Kier alpha value is -1.59. The van der Waals surface area contributed by atoms with Crippen LogP contribution in [0.4, 0.5) is 0 Å². The second kappa shape index (κ2) is 4.26. The molecule has 3 rings (SSSR count). The second-order valence-corrected chi connectivity index (χ2v) is 4.47. The molecule has 2 aliphatic heterocycles. The molecule has 1 aromatic rings. The third kappa shape index (κ3) is 2.32. The number of hydrogen-bond donors (Lipinski definition) is 0. The van der Waals surface area contributed by atoms with E-state index in [1.54, 1.807) is 18.2 Å². The summed E-state index contributed by atoms with van der Waals surface area (Å²) in [5.41, 5.74) is 0.481. The molecule has 5 heteroatoms. The summed E-state index contributed by atoms with van der Waals surface area (Å²) in [5.74, 6) is 1.10. The molecule has 0 aromatic heterocycles. The predicted molar refractivity (Wildman–Crippen MR) is 61.8 cm³/mol. The molecule has 2 aliphatic rings. The van der Waals surface area contributed by atoms with Crippen molar-refractivity contribution in [1.82, 2.24) is 0 Å². The lowest BCUT2D eigenvalue weighted by molar-refractivity contribution is 0.111. The Kier molecular flexibility index (Phi) is 2.72. The molecule has 0 saturated carbocycles. The minimum Gasteiger partial charge on any atom is -0.462 e. The van der Waals surface area contributed by atoms with Crippen LogP contribution in [0.3, 0.4) is 0 Å². The van der Waals surface area contributed by atoms with Crippen LogP contribution in [0, 0.1) is 0 Å². The first kappa shape index (κ1) is 11.5. The topological polar surface area (TPSA) is 60.6 Å². The molecule has 0 bridgehead atoms. The number of carbonyl (C=O) groups is 1. The van der Waals surface area contributed by atoms with Crippen molar-refractivity contribution in [3.05, 3.63) is 23.8 Å². The lowest BCUT2D eigenvalue weighted by Crippen LogP contribution is -2.05. The Morgan fingerprint density at radius 3 is 2.28 bits per heavy atom. The van der Waals surface area contributed by atoms with Crippen molar-refractivity contribution in [3.63, 3.8) is 0 Å². The van der Waals surface area contributed by atoms with E-state index in [0.717, 1.165) is 6.29 Å². The summed E-state index contributed by atoms with van der Waals surface area (Å²) in [6.45, 7) is 3.84. The van der Waals surface area contributed by atoms with Crippen molar-refractivity contribution in [2.45, 2.75) is 38.6 Å². The van der Waals surface area contributed by atoms with E-state index in [1.807, 2.05) is 13.8 Å². The van der Waals surface area contributed by atoms with Crippen LogP contribution in [0.15, 0.2) is 18.2 Å². The molecule has 2 fully saturated rings. The van der Waals surface area contributed by atoms with Crippen LogP contribution in [0.1, 0.15) is 24.2 Å². The Morgan fingerprint density at radius 2 is 1.72 bits per heavy atom. The van der Waals surface area contributed by atoms with E-state index in [-0.39, 0.29) is 24.8 Å². The minimum absolute atomic E-state index is 0.0702. The number of rotatable bonds is 5. The van der Waals surface area contributed by atoms with Gasteiger partial charge in [0.15, 0.2) is 6.29 Å². The van der Waals surface area contributed by atoms with Crippen LogP contribution in [0.25, 0.3) is 0 Å². The number of benzene rings is 1. The van der Waals surface area contributed by atoms with E-state index in [2.05, 4.69) is 0 Å². The van der Waals surface area contributed by atoms with E-state index in [1.165, 1.54) is 0 Å². The summed E-state index contributed by atoms with van der Waals surface area (Å²) in [5, 5.41) is 0. The van der Waals surface area contributed by atoms with Crippen molar-refractivity contribution in [2.75, 3.05) is 0 Å². The first-order valence-electron chi connectivity index (χ1n) is 5.91. The zero-order chi connectivity index (χ0) is 12.7. The highest BCUT2D eigenvalue weighted by atomic mass is 16.8. The summed E-state index contributed by atoms with van der Waals surface area (Å²) in [6, 6.07) is 5.08. The van der Waals surface area contributed by atoms with Gasteiger partial charge in [0.05, 0.1) is 5.56 Å². The number of ether oxygens (including phenoxy) is 4. The second-order valence-electron chi connectivity index (χ2n) is 4.47. The summed E-state index contributed by atoms with van der Waals surface area (Å²) in [6.07, 6.45) is 0.474. The normalized spacial score (nSPS) is 32.8. The van der Waals surface area contributed by atoms with Gasteiger partial charge in [-0.05, 0) is 26.0 Å². The lowest BCUT2D eigenvalue weighted by atomic mass is 10.2. The molecule has 4 unspecified atom stereocenters. The fourth-order valence-corrected chi connectivity index (χ4v) is 1.63. The Balaban J connectivity index is 1.75. The van der Waals surface area contributed by atoms with Crippen molar-refractivity contribution in [1.29, 1.82) is 0 Å². The van der Waals surface area contributed by atoms with Gasteiger partial charge in [0, 0.05) is 6.07 Å². The maximum atomic E-state index is 10.9. The van der Waals surface area contributed by atoms with Crippen LogP contribution in [-0.4, -0.2) is 31.1 Å². The third-order valence-electron chi connectivity index (χ3n) is 2.92. The summed E-state index contributed by atoms with van der Waals surface area (Å²) in [7, 11) is 0. The first-order chi connectivity index (χ1) is 8.67. The molecular formula is C13H14O5. The van der Waals surface area contributed by atoms with E-state index in [0.29, 0.717) is 17.1 Å². The smallest absolute Gasteiger partial charge is 0.226 e. The minimum atomic E-state index is -0.268. The monoisotopic (exact) mass is 250 g/mol. The molecule has 0 N–H and O–H groups in total. The number of carbonyl (C=O) groups excluding carboxylic acids is 1. The van der Waals surface area contributed by atoms with Gasteiger partial charge in [0.2, 0.25) is 12.6 Å². The molecule has 5 nitrogen and oxygen atoms in total. The van der Waals surface area contributed by atoms with Crippen LogP contribution in [-0.2, 0) is 9.47 Å². The maximum Gasteiger partial charge on any atom is 0.226 e. The van der Waals surface area contributed by atoms with Gasteiger partial charge in [0.25, 0.3) is 0 Å². The van der Waals surface area contributed by atoms with E-state index < -0.39 is 0 Å². The van der Waals surface area contributed by atoms with Crippen LogP contribution >= 0.6 is 0 Å². The highest BCUT2D eigenvalue weighted by molar-refractivity contribution is 5.79. The van der Waals surface area contributed by atoms with Gasteiger partial charge >= 0.3 is 0 Å². The first-order valence-corrected chi connectivity index (χ1v) is 5.91. The van der Waals surface area contributed by atoms with Crippen molar-refractivity contribution >= 4 is 6.29 Å². The number of hydrogen-bond acceptors (Lipinski definition) is 5. The predicted octanol–water partition coefficient (Wildman–Crippen LogP) is 1.75. The Bertz CT molecular complexity index is 472. The molecule has 2 saturated heterocycles. The quantitative estimate of drug-likeness (QED) is 0.588. The fraction of sp³-hybridized carbons (Fsp3) is 0.462. The highest BCUT2D eigenvalue weighted by Crippen LogP contribution is 2.32. The largest absolute Gasteiger partial charge is 0.462 e. The molecule has 2 heterocycles.